The van der Waals surface area contributed by atoms with E-state index in [4.69, 9.17) is 11.6 Å². The van der Waals surface area contributed by atoms with Crippen LogP contribution >= 0.6 is 11.6 Å². The van der Waals surface area contributed by atoms with Gasteiger partial charge in [0.25, 0.3) is 0 Å². The van der Waals surface area contributed by atoms with Gasteiger partial charge in [0, 0.05) is 10.4 Å². The fourth-order valence-electron chi connectivity index (χ4n) is 0.363. The van der Waals surface area contributed by atoms with Crippen LogP contribution in [-0.4, -0.2) is 14.2 Å². The largest absolute Gasteiger partial charge is 0.224 e. The molecule has 4 heteroatoms. The summed E-state index contributed by atoms with van der Waals surface area (Å²) in [6, 6.07) is 0. The predicted octanol–water partition coefficient (Wildman–Crippen LogP) is 0.495. The summed E-state index contributed by atoms with van der Waals surface area (Å²) in [6.07, 6.45) is 0. The Hall–Kier alpha value is -0.0200. The van der Waals surface area contributed by atoms with Crippen molar-refractivity contribution in [3.05, 3.63) is 10.4 Å². The molecule has 7 heavy (non-hydrogen) atoms. The first kappa shape index (κ1) is 5.12. The molecule has 0 fully saturated rings. The van der Waals surface area contributed by atoms with E-state index in [0.29, 0.717) is 5.03 Å². The van der Waals surface area contributed by atoms with Crippen LogP contribution in [0.4, 0.5) is 0 Å². The molecular formula is C3H3ClO2S. The molecule has 0 saturated heterocycles. The summed E-state index contributed by atoms with van der Waals surface area (Å²) in [5, 5.41) is 1.49. The third-order valence-corrected chi connectivity index (χ3v) is 2.53. The predicted molar refractivity (Wildman–Crippen MR) is 27.7 cm³/mol. The summed E-state index contributed by atoms with van der Waals surface area (Å²) in [4.78, 5) is 0. The molecule has 1 rings (SSSR count). The molecule has 0 N–H and O–H groups in total. The van der Waals surface area contributed by atoms with Gasteiger partial charge < -0.3 is 0 Å². The van der Waals surface area contributed by atoms with Crippen molar-refractivity contribution < 1.29 is 8.42 Å². The van der Waals surface area contributed by atoms with Crippen molar-refractivity contribution in [2.24, 2.45) is 0 Å². The van der Waals surface area contributed by atoms with Gasteiger partial charge in [0.15, 0.2) is 9.84 Å². The van der Waals surface area contributed by atoms with E-state index in [1.807, 2.05) is 0 Å². The highest BCUT2D eigenvalue weighted by molar-refractivity contribution is 7.96. The van der Waals surface area contributed by atoms with Crippen molar-refractivity contribution >= 4 is 21.4 Å². The zero-order chi connectivity index (χ0) is 5.49. The first-order chi connectivity index (χ1) is 3.10. The highest BCUT2D eigenvalue weighted by Crippen LogP contribution is 2.18. The zero-order valence-corrected chi connectivity index (χ0v) is 4.96. The lowest BCUT2D eigenvalue weighted by atomic mass is 10.7. The molecule has 1 aliphatic heterocycles. The average molecular weight is 139 g/mol. The quantitative estimate of drug-likeness (QED) is 0.489. The van der Waals surface area contributed by atoms with Gasteiger partial charge in [0.2, 0.25) is 0 Å². The van der Waals surface area contributed by atoms with Gasteiger partial charge in [-0.25, -0.2) is 8.42 Å². The molecular weight excluding hydrogens is 136 g/mol. The molecule has 0 aromatic heterocycles. The van der Waals surface area contributed by atoms with Gasteiger partial charge in [-0.15, -0.1) is 0 Å². The molecule has 2 nitrogen and oxygen atoms in total. The monoisotopic (exact) mass is 138 g/mol. The van der Waals surface area contributed by atoms with Crippen molar-refractivity contribution in [2.75, 3.05) is 5.75 Å². The number of rotatable bonds is 0. The normalized spacial score (nSPS) is 25.6. The maximum atomic E-state index is 10.1. The van der Waals surface area contributed by atoms with E-state index < -0.39 is 9.84 Å². The van der Waals surface area contributed by atoms with Gasteiger partial charge in [-0.1, -0.05) is 11.6 Å². The lowest BCUT2D eigenvalue weighted by Gasteiger charge is -2.05. The molecule has 0 saturated carbocycles. The van der Waals surface area contributed by atoms with E-state index in [1.54, 1.807) is 0 Å². The Morgan fingerprint density at radius 1 is 1.71 bits per heavy atom. The molecule has 0 aromatic carbocycles. The van der Waals surface area contributed by atoms with Crippen LogP contribution in [-0.2, 0) is 9.84 Å². The van der Waals surface area contributed by atoms with Crippen LogP contribution in [0.25, 0.3) is 0 Å². The van der Waals surface area contributed by atoms with Crippen LogP contribution in [0.2, 0.25) is 0 Å². The van der Waals surface area contributed by atoms with Gasteiger partial charge in [-0.3, -0.25) is 0 Å². The standard InChI is InChI=1S/C3H3ClO2S/c4-3-1-7(5,6)2-3/h1H,2H2. The zero-order valence-electron chi connectivity index (χ0n) is 3.39. The van der Waals surface area contributed by atoms with E-state index in [-0.39, 0.29) is 5.75 Å². The van der Waals surface area contributed by atoms with Crippen LogP contribution in [0.3, 0.4) is 0 Å². The molecule has 0 atom stereocenters. The maximum absolute atomic E-state index is 10.1. The van der Waals surface area contributed by atoms with Gasteiger partial charge in [0.05, 0.1) is 5.75 Å². The molecule has 0 amide bonds. The Morgan fingerprint density at radius 3 is 2.14 bits per heavy atom. The van der Waals surface area contributed by atoms with Crippen molar-refractivity contribution in [3.63, 3.8) is 0 Å². The molecule has 1 heterocycles. The average Bonchev–Trinajstić information content (AvgIpc) is 1.27. The third kappa shape index (κ3) is 0.951. The number of halogens is 1. The summed E-state index contributed by atoms with van der Waals surface area (Å²) in [7, 11) is -2.82. The Morgan fingerprint density at radius 2 is 2.14 bits per heavy atom. The van der Waals surface area contributed by atoms with Gasteiger partial charge in [0.1, 0.15) is 0 Å². The number of hydrogen-bond acceptors (Lipinski definition) is 2. The molecule has 0 bridgehead atoms. The maximum Gasteiger partial charge on any atom is 0.177 e. The van der Waals surface area contributed by atoms with E-state index in [1.165, 1.54) is 0 Å². The number of sulfone groups is 1. The van der Waals surface area contributed by atoms with Gasteiger partial charge >= 0.3 is 0 Å². The number of hydrogen-bond donors (Lipinski definition) is 0. The summed E-state index contributed by atoms with van der Waals surface area (Å²) in [6.45, 7) is 0. The Bertz CT molecular complexity index is 201. The van der Waals surface area contributed by atoms with Gasteiger partial charge in [-0.2, -0.15) is 0 Å². The van der Waals surface area contributed by atoms with E-state index in [0.717, 1.165) is 5.41 Å². The molecule has 0 radical (unpaired) electrons. The minimum absolute atomic E-state index is 0.0363. The van der Waals surface area contributed by atoms with Crippen LogP contribution in [0.15, 0.2) is 10.4 Å². The van der Waals surface area contributed by atoms with Crippen molar-refractivity contribution in [1.29, 1.82) is 0 Å². The van der Waals surface area contributed by atoms with E-state index in [9.17, 15) is 8.42 Å². The van der Waals surface area contributed by atoms with E-state index >= 15 is 0 Å². The van der Waals surface area contributed by atoms with Gasteiger partial charge in [-0.05, 0) is 0 Å². The fourth-order valence-corrected chi connectivity index (χ4v) is 1.95. The first-order valence-corrected chi connectivity index (χ1v) is 3.78. The summed E-state index contributed by atoms with van der Waals surface area (Å²) in [5.41, 5.74) is 0. The van der Waals surface area contributed by atoms with E-state index in [2.05, 4.69) is 0 Å². The lowest BCUT2D eigenvalue weighted by molar-refractivity contribution is 0.604. The molecule has 0 aromatic rings. The minimum Gasteiger partial charge on any atom is -0.224 e. The topological polar surface area (TPSA) is 34.1 Å². The SMILES string of the molecule is O=S1(=O)C=C(Cl)C1. The molecule has 40 valence electrons. The van der Waals surface area contributed by atoms with Crippen molar-refractivity contribution in [1.82, 2.24) is 0 Å². The van der Waals surface area contributed by atoms with Crippen LogP contribution in [0, 0.1) is 0 Å². The van der Waals surface area contributed by atoms with Crippen molar-refractivity contribution in [2.45, 2.75) is 0 Å². The minimum atomic E-state index is -2.82. The van der Waals surface area contributed by atoms with Crippen LogP contribution < -0.4 is 0 Å². The summed E-state index contributed by atoms with van der Waals surface area (Å²) in [5.74, 6) is 0.0363. The molecule has 0 unspecified atom stereocenters. The summed E-state index contributed by atoms with van der Waals surface area (Å²) >= 11 is 5.22. The molecule has 0 spiro atoms. The second-order valence-corrected chi connectivity index (χ2v) is 3.71. The summed E-state index contributed by atoms with van der Waals surface area (Å²) < 4.78 is 20.3. The highest BCUT2D eigenvalue weighted by atomic mass is 35.5. The third-order valence-electron chi connectivity index (χ3n) is 0.647. The fraction of sp³-hybridized carbons (Fsp3) is 0.333. The Labute approximate surface area is 46.7 Å². The van der Waals surface area contributed by atoms with Crippen LogP contribution in [0.5, 0.6) is 0 Å². The molecule has 0 aliphatic carbocycles. The Kier molecular flexibility index (Phi) is 0.900. The lowest BCUT2D eigenvalue weighted by Crippen LogP contribution is -2.12. The van der Waals surface area contributed by atoms with Crippen LogP contribution in [0.1, 0.15) is 0 Å². The highest BCUT2D eigenvalue weighted by Gasteiger charge is 2.19. The second-order valence-electron chi connectivity index (χ2n) is 1.37. The molecule has 1 aliphatic rings. The first-order valence-electron chi connectivity index (χ1n) is 1.69. The Balaban J connectivity index is 3.01. The van der Waals surface area contributed by atoms with Crippen molar-refractivity contribution in [3.8, 4) is 0 Å². The second kappa shape index (κ2) is 1.23. The smallest absolute Gasteiger partial charge is 0.177 e.